The summed E-state index contributed by atoms with van der Waals surface area (Å²) < 4.78 is 0. The number of rotatable bonds is 6. The van der Waals surface area contributed by atoms with Crippen LogP contribution in [-0.2, 0) is 6.54 Å². The minimum absolute atomic E-state index is 0.688. The van der Waals surface area contributed by atoms with Crippen LogP contribution in [0.2, 0.25) is 0 Å². The second kappa shape index (κ2) is 9.06. The lowest BCUT2D eigenvalue weighted by atomic mass is 9.98. The van der Waals surface area contributed by atoms with Gasteiger partial charge in [0, 0.05) is 55.2 Å². The van der Waals surface area contributed by atoms with Crippen molar-refractivity contribution in [3.05, 3.63) is 34.8 Å². The van der Waals surface area contributed by atoms with Crippen LogP contribution in [0.4, 0.5) is 11.6 Å². The molecular formula is C19H27N5S2. The Morgan fingerprint density at radius 3 is 2.96 bits per heavy atom. The maximum absolute atomic E-state index is 4.47. The number of anilines is 2. The van der Waals surface area contributed by atoms with E-state index in [4.69, 9.17) is 0 Å². The molecule has 1 unspecified atom stereocenters. The molecule has 2 saturated heterocycles. The van der Waals surface area contributed by atoms with Gasteiger partial charge in [0.2, 0.25) is 0 Å². The molecule has 0 amide bonds. The first kappa shape index (κ1) is 18.1. The summed E-state index contributed by atoms with van der Waals surface area (Å²) in [5, 5.41) is 5.74. The Morgan fingerprint density at radius 1 is 1.19 bits per heavy atom. The van der Waals surface area contributed by atoms with Crippen LogP contribution in [0.5, 0.6) is 0 Å². The van der Waals surface area contributed by atoms with E-state index in [1.807, 2.05) is 23.1 Å². The quantitative estimate of drug-likeness (QED) is 0.817. The van der Waals surface area contributed by atoms with Crippen LogP contribution in [0, 0.1) is 5.92 Å². The molecule has 0 aromatic carbocycles. The van der Waals surface area contributed by atoms with E-state index in [-0.39, 0.29) is 0 Å². The molecule has 2 aliphatic heterocycles. The van der Waals surface area contributed by atoms with E-state index in [0.29, 0.717) is 5.92 Å². The number of hydrogen-bond donors (Lipinski definition) is 1. The number of nitrogens with zero attached hydrogens (tertiary/aromatic N) is 4. The number of thioether (sulfide) groups is 1. The lowest BCUT2D eigenvalue weighted by molar-refractivity contribution is 0.174. The van der Waals surface area contributed by atoms with E-state index in [2.05, 4.69) is 48.7 Å². The van der Waals surface area contributed by atoms with E-state index in [1.165, 1.54) is 42.3 Å². The maximum Gasteiger partial charge on any atom is 0.134 e. The molecule has 1 atom stereocenters. The average Bonchev–Trinajstić information content (AvgIpc) is 3.21. The van der Waals surface area contributed by atoms with Crippen LogP contribution in [0.25, 0.3) is 0 Å². The third-order valence-corrected chi connectivity index (χ3v) is 6.93. The number of thiophene rings is 1. The zero-order valence-corrected chi connectivity index (χ0v) is 16.8. The number of hydrogen-bond acceptors (Lipinski definition) is 7. The van der Waals surface area contributed by atoms with Gasteiger partial charge >= 0.3 is 0 Å². The monoisotopic (exact) mass is 389 g/mol. The van der Waals surface area contributed by atoms with E-state index in [9.17, 15) is 0 Å². The highest BCUT2D eigenvalue weighted by molar-refractivity contribution is 7.99. The first-order chi connectivity index (χ1) is 12.9. The zero-order chi connectivity index (χ0) is 17.6. The lowest BCUT2D eigenvalue weighted by Gasteiger charge is -2.32. The van der Waals surface area contributed by atoms with Crippen molar-refractivity contribution in [3.63, 3.8) is 0 Å². The molecule has 4 rings (SSSR count). The molecule has 0 radical (unpaired) electrons. The molecule has 2 aromatic rings. The van der Waals surface area contributed by atoms with E-state index in [0.717, 1.165) is 37.8 Å². The molecule has 5 nitrogen and oxygen atoms in total. The molecule has 0 spiro atoms. The molecule has 140 valence electrons. The van der Waals surface area contributed by atoms with Gasteiger partial charge in [-0.15, -0.1) is 11.3 Å². The standard InChI is InChI=1S/C19H27N5S2/c1-3-16(13-23(5-1)14-17-4-2-8-26-17)12-20-18-11-19(22-15-21-18)24-6-9-25-10-7-24/h2,4,8,11,15-16H,1,3,5-7,9-10,12-14H2,(H,20,21,22). The summed E-state index contributed by atoms with van der Waals surface area (Å²) >= 11 is 3.89. The zero-order valence-electron chi connectivity index (χ0n) is 15.1. The summed E-state index contributed by atoms with van der Waals surface area (Å²) in [5.41, 5.74) is 0. The average molecular weight is 390 g/mol. The van der Waals surface area contributed by atoms with E-state index >= 15 is 0 Å². The molecule has 0 saturated carbocycles. The first-order valence-electron chi connectivity index (χ1n) is 9.50. The van der Waals surface area contributed by atoms with Crippen molar-refractivity contribution in [1.82, 2.24) is 14.9 Å². The van der Waals surface area contributed by atoms with Gasteiger partial charge < -0.3 is 10.2 Å². The fourth-order valence-corrected chi connectivity index (χ4v) is 5.39. The fraction of sp³-hybridized carbons (Fsp3) is 0.579. The van der Waals surface area contributed by atoms with E-state index < -0.39 is 0 Å². The van der Waals surface area contributed by atoms with Crippen LogP contribution in [0.15, 0.2) is 29.9 Å². The molecule has 1 N–H and O–H groups in total. The Balaban J connectivity index is 1.29. The predicted octanol–water partition coefficient (Wildman–Crippen LogP) is 3.42. The van der Waals surface area contributed by atoms with Gasteiger partial charge in [-0.2, -0.15) is 11.8 Å². The SMILES string of the molecule is c1csc(CN2CCCC(CNc3cc(N4CCSCC4)ncn3)C2)c1. The van der Waals surface area contributed by atoms with Gasteiger partial charge in [-0.1, -0.05) is 6.07 Å². The summed E-state index contributed by atoms with van der Waals surface area (Å²) in [5.74, 6) is 5.09. The Morgan fingerprint density at radius 2 is 2.12 bits per heavy atom. The predicted molar refractivity (Wildman–Crippen MR) is 112 cm³/mol. The van der Waals surface area contributed by atoms with Crippen LogP contribution in [0.1, 0.15) is 17.7 Å². The van der Waals surface area contributed by atoms with Gasteiger partial charge in [-0.3, -0.25) is 4.90 Å². The molecule has 26 heavy (non-hydrogen) atoms. The summed E-state index contributed by atoms with van der Waals surface area (Å²) in [6, 6.07) is 6.51. The van der Waals surface area contributed by atoms with Gasteiger partial charge in [0.1, 0.15) is 18.0 Å². The van der Waals surface area contributed by atoms with E-state index in [1.54, 1.807) is 6.33 Å². The molecule has 2 aromatic heterocycles. The molecule has 0 bridgehead atoms. The third-order valence-electron chi connectivity index (χ3n) is 5.12. The highest BCUT2D eigenvalue weighted by atomic mass is 32.2. The molecule has 7 heteroatoms. The van der Waals surface area contributed by atoms with Crippen LogP contribution < -0.4 is 10.2 Å². The van der Waals surface area contributed by atoms with Gasteiger partial charge in [0.25, 0.3) is 0 Å². The summed E-state index contributed by atoms with van der Waals surface area (Å²) in [6.45, 7) is 6.65. The minimum Gasteiger partial charge on any atom is -0.370 e. The van der Waals surface area contributed by atoms with Crippen molar-refractivity contribution in [3.8, 4) is 0 Å². The topological polar surface area (TPSA) is 44.3 Å². The smallest absolute Gasteiger partial charge is 0.134 e. The van der Waals surface area contributed by atoms with Crippen molar-refractivity contribution in [2.45, 2.75) is 19.4 Å². The van der Waals surface area contributed by atoms with Crippen LogP contribution >= 0.6 is 23.1 Å². The van der Waals surface area contributed by atoms with Crippen molar-refractivity contribution in [2.75, 3.05) is 54.4 Å². The van der Waals surface area contributed by atoms with Crippen molar-refractivity contribution in [1.29, 1.82) is 0 Å². The summed E-state index contributed by atoms with van der Waals surface area (Å²) in [4.78, 5) is 15.3. The highest BCUT2D eigenvalue weighted by Crippen LogP contribution is 2.22. The molecule has 2 fully saturated rings. The van der Waals surface area contributed by atoms with Gasteiger partial charge in [-0.25, -0.2) is 9.97 Å². The van der Waals surface area contributed by atoms with Crippen LogP contribution in [0.3, 0.4) is 0 Å². The highest BCUT2D eigenvalue weighted by Gasteiger charge is 2.20. The molecule has 4 heterocycles. The fourth-order valence-electron chi connectivity index (χ4n) is 3.74. The van der Waals surface area contributed by atoms with Gasteiger partial charge in [0.15, 0.2) is 0 Å². The molecule has 2 aliphatic rings. The van der Waals surface area contributed by atoms with Crippen molar-refractivity contribution < 1.29 is 0 Å². The van der Waals surface area contributed by atoms with Crippen LogP contribution in [-0.4, -0.2) is 59.1 Å². The second-order valence-corrected chi connectivity index (χ2v) is 9.32. The Labute approximate surface area is 164 Å². The van der Waals surface area contributed by atoms with Crippen molar-refractivity contribution in [2.24, 2.45) is 5.92 Å². The molecular weight excluding hydrogens is 362 g/mol. The number of likely N-dealkylation sites (tertiary alicyclic amines) is 1. The Kier molecular flexibility index (Phi) is 6.30. The first-order valence-corrected chi connectivity index (χ1v) is 11.5. The normalized spacial score (nSPS) is 21.7. The number of nitrogens with one attached hydrogen (secondary N) is 1. The Hall–Kier alpha value is -1.31. The third kappa shape index (κ3) is 4.90. The summed E-state index contributed by atoms with van der Waals surface area (Å²) in [7, 11) is 0. The number of piperidine rings is 1. The van der Waals surface area contributed by atoms with Gasteiger partial charge in [0.05, 0.1) is 0 Å². The summed E-state index contributed by atoms with van der Waals surface area (Å²) in [6.07, 6.45) is 4.29. The molecule has 0 aliphatic carbocycles. The maximum atomic E-state index is 4.47. The number of aromatic nitrogens is 2. The Bertz CT molecular complexity index is 672. The van der Waals surface area contributed by atoms with Gasteiger partial charge in [-0.05, 0) is 36.8 Å². The largest absolute Gasteiger partial charge is 0.370 e. The van der Waals surface area contributed by atoms with Crippen molar-refractivity contribution >= 4 is 34.7 Å². The lowest BCUT2D eigenvalue weighted by Crippen LogP contribution is -2.37. The minimum atomic E-state index is 0.688. The second-order valence-electron chi connectivity index (χ2n) is 7.06.